The van der Waals surface area contributed by atoms with Crippen LogP contribution >= 0.6 is 11.3 Å². The number of carbonyl (C=O) groups is 1. The standard InChI is InChI=1S/C26H29FN2O4S2/c1-18(2)29(35(31,32)22-10-4-19(3)5-11-22)16-26(30)28-14-12-25-23(13-15-34-25)24(28)17-33-21-8-6-20(27)7-9-21/h4-11,13,15,18,24H,12,14,16-17H2,1-3H3/t24-/m0/s1. The van der Waals surface area contributed by atoms with Crippen molar-refractivity contribution in [1.29, 1.82) is 0 Å². The SMILES string of the molecule is Cc1ccc(S(=O)(=O)N(CC(=O)N2CCc3sccc3[C@@H]2COc2ccc(F)cc2)C(C)C)cc1. The lowest BCUT2D eigenvalue weighted by molar-refractivity contribution is -0.135. The van der Waals surface area contributed by atoms with Crippen molar-refractivity contribution in [1.82, 2.24) is 9.21 Å². The summed E-state index contributed by atoms with van der Waals surface area (Å²) in [5.74, 6) is -0.124. The molecular formula is C26H29FN2O4S2. The van der Waals surface area contributed by atoms with Gasteiger partial charge >= 0.3 is 0 Å². The summed E-state index contributed by atoms with van der Waals surface area (Å²) in [6.45, 7) is 5.82. The molecule has 35 heavy (non-hydrogen) atoms. The number of sulfonamides is 1. The molecule has 6 nitrogen and oxygen atoms in total. The highest BCUT2D eigenvalue weighted by Crippen LogP contribution is 2.34. The Bertz CT molecular complexity index is 1270. The Kier molecular flexibility index (Phi) is 7.59. The van der Waals surface area contributed by atoms with Crippen molar-refractivity contribution < 1.29 is 22.3 Å². The van der Waals surface area contributed by atoms with Crippen molar-refractivity contribution in [3.63, 3.8) is 0 Å². The van der Waals surface area contributed by atoms with Crippen molar-refractivity contribution >= 4 is 27.3 Å². The second kappa shape index (κ2) is 10.5. The fourth-order valence-corrected chi connectivity index (χ4v) is 6.71. The van der Waals surface area contributed by atoms with Gasteiger partial charge in [-0.15, -0.1) is 11.3 Å². The molecule has 0 bridgehead atoms. The highest BCUT2D eigenvalue weighted by atomic mass is 32.2. The van der Waals surface area contributed by atoms with Gasteiger partial charge in [-0.25, -0.2) is 12.8 Å². The van der Waals surface area contributed by atoms with E-state index in [0.717, 1.165) is 11.1 Å². The van der Waals surface area contributed by atoms with E-state index in [2.05, 4.69) is 0 Å². The molecule has 0 unspecified atom stereocenters. The van der Waals surface area contributed by atoms with Gasteiger partial charge in [-0.3, -0.25) is 4.79 Å². The summed E-state index contributed by atoms with van der Waals surface area (Å²) in [6.07, 6.45) is 0.707. The summed E-state index contributed by atoms with van der Waals surface area (Å²) >= 11 is 1.64. The Morgan fingerprint density at radius 1 is 1.14 bits per heavy atom. The summed E-state index contributed by atoms with van der Waals surface area (Å²) < 4.78 is 47.2. The molecule has 1 aliphatic rings. The van der Waals surface area contributed by atoms with E-state index in [9.17, 15) is 17.6 Å². The maximum absolute atomic E-state index is 13.6. The first-order chi connectivity index (χ1) is 16.7. The van der Waals surface area contributed by atoms with Gasteiger partial charge in [-0.05, 0) is 80.6 Å². The first kappa shape index (κ1) is 25.3. The molecule has 0 saturated heterocycles. The monoisotopic (exact) mass is 516 g/mol. The number of halogens is 1. The Labute approximate surface area is 210 Å². The fourth-order valence-electron chi connectivity index (χ4n) is 4.20. The van der Waals surface area contributed by atoms with Crippen LogP contribution in [0.25, 0.3) is 0 Å². The molecule has 2 heterocycles. The van der Waals surface area contributed by atoms with Crippen LogP contribution in [0.3, 0.4) is 0 Å². The Morgan fingerprint density at radius 2 is 1.83 bits per heavy atom. The maximum atomic E-state index is 13.6. The van der Waals surface area contributed by atoms with Gasteiger partial charge in [0.05, 0.1) is 17.5 Å². The van der Waals surface area contributed by atoms with Crippen LogP contribution in [-0.4, -0.2) is 49.3 Å². The molecule has 4 rings (SSSR count). The predicted molar refractivity (Wildman–Crippen MR) is 135 cm³/mol. The summed E-state index contributed by atoms with van der Waals surface area (Å²) in [5.41, 5.74) is 1.97. The molecule has 3 aromatic rings. The average molecular weight is 517 g/mol. The molecule has 9 heteroatoms. The molecule has 1 amide bonds. The minimum absolute atomic E-state index is 0.166. The van der Waals surface area contributed by atoms with Crippen LogP contribution in [0.4, 0.5) is 4.39 Å². The number of amides is 1. The Hall–Kier alpha value is -2.75. The number of aryl methyl sites for hydroxylation is 1. The normalized spacial score (nSPS) is 15.9. The third-order valence-corrected chi connectivity index (χ3v) is 9.16. The average Bonchev–Trinajstić information content (AvgIpc) is 3.31. The van der Waals surface area contributed by atoms with E-state index in [0.29, 0.717) is 18.7 Å². The largest absolute Gasteiger partial charge is 0.491 e. The molecule has 0 N–H and O–H groups in total. The molecule has 1 atom stereocenters. The minimum atomic E-state index is -3.86. The summed E-state index contributed by atoms with van der Waals surface area (Å²) in [6, 6.07) is 13.6. The molecule has 0 radical (unpaired) electrons. The number of carbonyl (C=O) groups excluding carboxylic acids is 1. The topological polar surface area (TPSA) is 66.9 Å². The van der Waals surface area contributed by atoms with Gasteiger partial charge in [0.25, 0.3) is 0 Å². The van der Waals surface area contributed by atoms with E-state index in [4.69, 9.17) is 4.74 Å². The summed E-state index contributed by atoms with van der Waals surface area (Å²) in [4.78, 5) is 16.6. The van der Waals surface area contributed by atoms with Gasteiger partial charge in [-0.1, -0.05) is 17.7 Å². The number of nitrogens with zero attached hydrogens (tertiary/aromatic N) is 2. The number of ether oxygens (including phenoxy) is 1. The van der Waals surface area contributed by atoms with Gasteiger partial charge in [-0.2, -0.15) is 4.31 Å². The lowest BCUT2D eigenvalue weighted by Crippen LogP contribution is -2.49. The van der Waals surface area contributed by atoms with Gasteiger partial charge in [0.15, 0.2) is 0 Å². The van der Waals surface area contributed by atoms with Gasteiger partial charge in [0.2, 0.25) is 15.9 Å². The second-order valence-corrected chi connectivity index (χ2v) is 11.8. The number of hydrogen-bond acceptors (Lipinski definition) is 5. The van der Waals surface area contributed by atoms with Crippen molar-refractivity contribution in [2.24, 2.45) is 0 Å². The summed E-state index contributed by atoms with van der Waals surface area (Å²) in [5, 5.41) is 1.99. The number of benzene rings is 2. The van der Waals surface area contributed by atoms with E-state index in [1.54, 1.807) is 66.5 Å². The van der Waals surface area contributed by atoms with E-state index in [-0.39, 0.29) is 35.8 Å². The molecule has 0 spiro atoms. The highest BCUT2D eigenvalue weighted by Gasteiger charge is 2.36. The molecule has 1 aliphatic heterocycles. The summed E-state index contributed by atoms with van der Waals surface area (Å²) in [7, 11) is -3.86. The maximum Gasteiger partial charge on any atom is 0.243 e. The smallest absolute Gasteiger partial charge is 0.243 e. The number of fused-ring (bicyclic) bond motifs is 1. The van der Waals surface area contributed by atoms with Crippen LogP contribution < -0.4 is 4.74 Å². The predicted octanol–water partition coefficient (Wildman–Crippen LogP) is 4.80. The van der Waals surface area contributed by atoms with E-state index < -0.39 is 16.1 Å². The molecule has 0 aliphatic carbocycles. The van der Waals surface area contributed by atoms with Crippen LogP contribution in [0.2, 0.25) is 0 Å². The van der Waals surface area contributed by atoms with E-state index >= 15 is 0 Å². The lowest BCUT2D eigenvalue weighted by atomic mass is 10.0. The van der Waals surface area contributed by atoms with Crippen LogP contribution in [0.1, 0.15) is 35.9 Å². The Morgan fingerprint density at radius 3 is 2.49 bits per heavy atom. The number of thiophene rings is 1. The quantitative estimate of drug-likeness (QED) is 0.431. The first-order valence-corrected chi connectivity index (χ1v) is 13.8. The molecule has 1 aromatic heterocycles. The van der Waals surface area contributed by atoms with Crippen LogP contribution in [0, 0.1) is 12.7 Å². The van der Waals surface area contributed by atoms with Gasteiger partial charge < -0.3 is 9.64 Å². The zero-order valence-corrected chi connectivity index (χ0v) is 21.6. The van der Waals surface area contributed by atoms with Crippen molar-refractivity contribution in [2.75, 3.05) is 19.7 Å². The highest BCUT2D eigenvalue weighted by molar-refractivity contribution is 7.89. The fraction of sp³-hybridized carbons (Fsp3) is 0.346. The third kappa shape index (κ3) is 5.58. The molecular weight excluding hydrogens is 487 g/mol. The first-order valence-electron chi connectivity index (χ1n) is 11.5. The van der Waals surface area contributed by atoms with E-state index in [1.807, 2.05) is 18.4 Å². The third-order valence-electron chi connectivity index (χ3n) is 6.13. The molecule has 0 fully saturated rings. The second-order valence-electron chi connectivity index (χ2n) is 8.87. The lowest BCUT2D eigenvalue weighted by Gasteiger charge is -2.37. The van der Waals surface area contributed by atoms with Crippen molar-refractivity contribution in [2.45, 2.75) is 44.2 Å². The molecule has 186 valence electrons. The Balaban J connectivity index is 1.56. The number of rotatable bonds is 8. The zero-order chi connectivity index (χ0) is 25.2. The van der Waals surface area contributed by atoms with Crippen LogP contribution in [0.5, 0.6) is 5.75 Å². The van der Waals surface area contributed by atoms with Crippen molar-refractivity contribution in [3.8, 4) is 5.75 Å². The minimum Gasteiger partial charge on any atom is -0.491 e. The van der Waals surface area contributed by atoms with Crippen LogP contribution in [-0.2, 0) is 21.2 Å². The number of hydrogen-bond donors (Lipinski definition) is 0. The van der Waals surface area contributed by atoms with Crippen molar-refractivity contribution in [3.05, 3.63) is 81.8 Å². The van der Waals surface area contributed by atoms with E-state index in [1.165, 1.54) is 21.3 Å². The molecule has 2 aromatic carbocycles. The van der Waals surface area contributed by atoms with Gasteiger partial charge in [0, 0.05) is 17.5 Å². The van der Waals surface area contributed by atoms with Crippen LogP contribution in [0.15, 0.2) is 64.9 Å². The molecule has 0 saturated carbocycles. The zero-order valence-electron chi connectivity index (χ0n) is 20.0. The van der Waals surface area contributed by atoms with Gasteiger partial charge in [0.1, 0.15) is 18.2 Å².